The molecule has 1 aromatic heterocycles. The number of rotatable bonds is 6. The molecule has 5 heteroatoms. The number of hydrogen-bond donors (Lipinski definition) is 2. The number of aromatic nitrogens is 1. The zero-order valence-corrected chi connectivity index (χ0v) is 16.7. The van der Waals surface area contributed by atoms with E-state index in [0.29, 0.717) is 17.8 Å². The molecule has 4 rings (SSSR count). The van der Waals surface area contributed by atoms with E-state index in [2.05, 4.69) is 28.9 Å². The maximum absolute atomic E-state index is 11.2. The third-order valence-electron chi connectivity index (χ3n) is 6.44. The second-order valence-electron chi connectivity index (χ2n) is 8.74. The maximum atomic E-state index is 11.2. The van der Waals surface area contributed by atoms with Crippen LogP contribution >= 0.6 is 0 Å². The van der Waals surface area contributed by atoms with Gasteiger partial charge >= 0.3 is 0 Å². The Morgan fingerprint density at radius 1 is 1.14 bits per heavy atom. The summed E-state index contributed by atoms with van der Waals surface area (Å²) in [5.74, 6) is 2.54. The standard InChI is InChI=1S/C23H30N2O3/c1-16(22-8-5-20(26)12-24-22)13-25-14-18-10-23(27,11-19(18)15-25)9-17-3-6-21(28-2)7-4-17/h3-8,12,16,18-19,26-27H,9-11,13-15H2,1-2H3/t16?,18-,19+,23?. The van der Waals surface area contributed by atoms with Crippen molar-refractivity contribution in [3.63, 3.8) is 0 Å². The van der Waals surface area contributed by atoms with E-state index in [1.54, 1.807) is 13.2 Å². The summed E-state index contributed by atoms with van der Waals surface area (Å²) >= 11 is 0. The van der Waals surface area contributed by atoms with E-state index in [-0.39, 0.29) is 5.75 Å². The van der Waals surface area contributed by atoms with Gasteiger partial charge in [-0.1, -0.05) is 19.1 Å². The number of nitrogens with zero attached hydrogens (tertiary/aromatic N) is 2. The number of pyridine rings is 1. The zero-order valence-electron chi connectivity index (χ0n) is 16.7. The quantitative estimate of drug-likeness (QED) is 0.803. The van der Waals surface area contributed by atoms with Gasteiger partial charge in [-0.15, -0.1) is 0 Å². The van der Waals surface area contributed by atoms with Crippen LogP contribution in [-0.4, -0.2) is 52.4 Å². The van der Waals surface area contributed by atoms with Gasteiger partial charge in [0.25, 0.3) is 0 Å². The van der Waals surface area contributed by atoms with E-state index in [4.69, 9.17) is 4.74 Å². The first-order valence-electron chi connectivity index (χ1n) is 10.2. The molecule has 150 valence electrons. The third kappa shape index (κ3) is 4.15. The second kappa shape index (κ2) is 7.72. The molecule has 2 heterocycles. The van der Waals surface area contributed by atoms with Crippen LogP contribution in [0.25, 0.3) is 0 Å². The predicted molar refractivity (Wildman–Crippen MR) is 109 cm³/mol. The monoisotopic (exact) mass is 382 g/mol. The molecule has 2 aliphatic rings. The first-order valence-corrected chi connectivity index (χ1v) is 10.2. The fourth-order valence-corrected chi connectivity index (χ4v) is 5.14. The molecular formula is C23H30N2O3. The number of methoxy groups -OCH3 is 1. The molecule has 28 heavy (non-hydrogen) atoms. The van der Waals surface area contributed by atoms with Gasteiger partial charge in [-0.2, -0.15) is 0 Å². The molecule has 1 aromatic carbocycles. The number of aromatic hydroxyl groups is 1. The number of ether oxygens (including phenoxy) is 1. The molecule has 2 fully saturated rings. The SMILES string of the molecule is COc1ccc(CC2(O)C[C@H]3CN(CC(C)c4ccc(O)cn4)C[C@H]3C2)cc1. The minimum Gasteiger partial charge on any atom is -0.506 e. The number of likely N-dealkylation sites (tertiary alicyclic amines) is 1. The molecule has 4 atom stereocenters. The molecule has 1 saturated heterocycles. The smallest absolute Gasteiger partial charge is 0.133 e. The molecule has 0 spiro atoms. The van der Waals surface area contributed by atoms with Crippen molar-refractivity contribution in [1.29, 1.82) is 0 Å². The van der Waals surface area contributed by atoms with E-state index in [1.165, 1.54) is 11.8 Å². The van der Waals surface area contributed by atoms with Gasteiger partial charge in [0.15, 0.2) is 0 Å². The number of hydrogen-bond acceptors (Lipinski definition) is 5. The Morgan fingerprint density at radius 2 is 1.82 bits per heavy atom. The first kappa shape index (κ1) is 19.2. The fourth-order valence-electron chi connectivity index (χ4n) is 5.14. The van der Waals surface area contributed by atoms with Crippen molar-refractivity contribution in [2.75, 3.05) is 26.7 Å². The summed E-state index contributed by atoms with van der Waals surface area (Å²) in [7, 11) is 1.67. The highest BCUT2D eigenvalue weighted by atomic mass is 16.5. The summed E-state index contributed by atoms with van der Waals surface area (Å²) in [6.07, 6.45) is 4.00. The van der Waals surface area contributed by atoms with E-state index in [0.717, 1.165) is 50.3 Å². The zero-order chi connectivity index (χ0) is 19.7. The molecule has 2 unspecified atom stereocenters. The Bertz CT molecular complexity index is 776. The maximum Gasteiger partial charge on any atom is 0.133 e. The lowest BCUT2D eigenvalue weighted by atomic mass is 9.91. The van der Waals surface area contributed by atoms with Crippen LogP contribution in [0.1, 0.15) is 36.9 Å². The lowest BCUT2D eigenvalue weighted by Crippen LogP contribution is -2.33. The van der Waals surface area contributed by atoms with Crippen LogP contribution in [0.2, 0.25) is 0 Å². The van der Waals surface area contributed by atoms with Gasteiger partial charge in [0.05, 0.1) is 18.9 Å². The molecule has 2 N–H and O–H groups in total. The summed E-state index contributed by atoms with van der Waals surface area (Å²) in [4.78, 5) is 6.86. The third-order valence-corrected chi connectivity index (χ3v) is 6.44. The molecule has 1 saturated carbocycles. The lowest BCUT2D eigenvalue weighted by Gasteiger charge is -2.27. The van der Waals surface area contributed by atoms with Crippen LogP contribution in [0.4, 0.5) is 0 Å². The van der Waals surface area contributed by atoms with Crippen molar-refractivity contribution < 1.29 is 14.9 Å². The van der Waals surface area contributed by atoms with Crippen molar-refractivity contribution in [2.24, 2.45) is 11.8 Å². The highest BCUT2D eigenvalue weighted by Gasteiger charge is 2.48. The Morgan fingerprint density at radius 3 is 2.39 bits per heavy atom. The highest BCUT2D eigenvalue weighted by Crippen LogP contribution is 2.45. The second-order valence-corrected chi connectivity index (χ2v) is 8.74. The van der Waals surface area contributed by atoms with E-state index < -0.39 is 5.60 Å². The lowest BCUT2D eigenvalue weighted by molar-refractivity contribution is 0.0353. The summed E-state index contributed by atoms with van der Waals surface area (Å²) in [6.45, 7) is 5.27. The van der Waals surface area contributed by atoms with Crippen LogP contribution < -0.4 is 4.74 Å². The van der Waals surface area contributed by atoms with Crippen LogP contribution in [0.5, 0.6) is 11.5 Å². The van der Waals surface area contributed by atoms with E-state index >= 15 is 0 Å². The molecule has 1 aliphatic heterocycles. The number of benzene rings is 1. The average molecular weight is 383 g/mol. The van der Waals surface area contributed by atoms with Crippen LogP contribution in [0.3, 0.4) is 0 Å². The van der Waals surface area contributed by atoms with Gasteiger partial charge in [0.2, 0.25) is 0 Å². The summed E-state index contributed by atoms with van der Waals surface area (Å²) < 4.78 is 5.22. The van der Waals surface area contributed by atoms with Crippen LogP contribution in [0.15, 0.2) is 42.6 Å². The van der Waals surface area contributed by atoms with Gasteiger partial charge in [-0.25, -0.2) is 0 Å². The van der Waals surface area contributed by atoms with E-state index in [9.17, 15) is 10.2 Å². The van der Waals surface area contributed by atoms with Gasteiger partial charge < -0.3 is 19.8 Å². The minimum atomic E-state index is -0.583. The highest BCUT2D eigenvalue weighted by molar-refractivity contribution is 5.28. The van der Waals surface area contributed by atoms with Gasteiger partial charge in [-0.05, 0) is 54.5 Å². The molecule has 0 radical (unpaired) electrons. The molecule has 0 amide bonds. The summed E-state index contributed by atoms with van der Waals surface area (Å²) in [5, 5.41) is 20.6. The molecule has 1 aliphatic carbocycles. The number of fused-ring (bicyclic) bond motifs is 1. The molecule has 2 aromatic rings. The Balaban J connectivity index is 1.31. The number of aliphatic hydroxyl groups is 1. The van der Waals surface area contributed by atoms with Crippen LogP contribution in [-0.2, 0) is 6.42 Å². The van der Waals surface area contributed by atoms with Crippen molar-refractivity contribution in [1.82, 2.24) is 9.88 Å². The fraction of sp³-hybridized carbons (Fsp3) is 0.522. The molecule has 5 nitrogen and oxygen atoms in total. The summed E-state index contributed by atoms with van der Waals surface area (Å²) in [5.41, 5.74) is 1.61. The Hall–Kier alpha value is -2.11. The minimum absolute atomic E-state index is 0.211. The van der Waals surface area contributed by atoms with Crippen molar-refractivity contribution in [3.05, 3.63) is 53.9 Å². The largest absolute Gasteiger partial charge is 0.506 e. The van der Waals surface area contributed by atoms with Crippen molar-refractivity contribution >= 4 is 0 Å². The van der Waals surface area contributed by atoms with Gasteiger partial charge in [0, 0.05) is 37.7 Å². The normalized spacial score (nSPS) is 28.2. The first-order chi connectivity index (χ1) is 13.4. The average Bonchev–Trinajstić information content (AvgIpc) is 3.16. The topological polar surface area (TPSA) is 65.8 Å². The van der Waals surface area contributed by atoms with Crippen molar-refractivity contribution in [2.45, 2.75) is 37.7 Å². The summed E-state index contributed by atoms with van der Waals surface area (Å²) in [6, 6.07) is 11.7. The Labute approximate surface area is 167 Å². The predicted octanol–water partition coefficient (Wildman–Crippen LogP) is 3.21. The van der Waals surface area contributed by atoms with Crippen LogP contribution in [0, 0.1) is 11.8 Å². The molecular weight excluding hydrogens is 352 g/mol. The van der Waals surface area contributed by atoms with E-state index in [1.807, 2.05) is 18.2 Å². The van der Waals surface area contributed by atoms with Crippen molar-refractivity contribution in [3.8, 4) is 11.5 Å². The molecule has 0 bridgehead atoms. The Kier molecular flexibility index (Phi) is 5.30. The van der Waals surface area contributed by atoms with Gasteiger partial charge in [0.1, 0.15) is 11.5 Å². The van der Waals surface area contributed by atoms with Gasteiger partial charge in [-0.3, -0.25) is 4.98 Å².